The minimum atomic E-state index is 0.302. The van der Waals surface area contributed by atoms with E-state index < -0.39 is 0 Å². The fourth-order valence-corrected chi connectivity index (χ4v) is 4.13. The number of tetrazole rings is 1. The van der Waals surface area contributed by atoms with Crippen molar-refractivity contribution in [1.82, 2.24) is 30.1 Å². The third-order valence-electron chi connectivity index (χ3n) is 5.71. The number of hydrogen-bond acceptors (Lipinski definition) is 8. The Balaban J connectivity index is 1.60. The predicted octanol–water partition coefficient (Wildman–Crippen LogP) is 4.38. The van der Waals surface area contributed by atoms with E-state index in [1.54, 1.807) is 38.6 Å². The minimum absolute atomic E-state index is 0.302. The molecule has 0 spiro atoms. The maximum absolute atomic E-state index is 6.41. The Kier molecular flexibility index (Phi) is 8.84. The number of aromatic nitrogens is 5. The lowest BCUT2D eigenvalue weighted by molar-refractivity contribution is 0.110. The zero-order valence-corrected chi connectivity index (χ0v) is 21.6. The second kappa shape index (κ2) is 12.2. The van der Waals surface area contributed by atoms with Crippen LogP contribution in [0.1, 0.15) is 5.56 Å². The zero-order chi connectivity index (χ0) is 25.5. The van der Waals surface area contributed by atoms with E-state index in [0.29, 0.717) is 46.2 Å². The van der Waals surface area contributed by atoms with E-state index in [2.05, 4.69) is 49.7 Å². The number of hydrogen-bond donors (Lipinski definition) is 1. The fraction of sp³-hybridized carbons (Fsp3) is 0.280. The SMILES string of the molecule is COCCN(CCOC)Cc1ccc(-c2cnc(N)c(-c3nnnn3-c3cccc(Cl)c3Cl)c2)cc1. The Morgan fingerprint density at radius 1 is 0.972 bits per heavy atom. The van der Waals surface area contributed by atoms with Gasteiger partial charge in [0.1, 0.15) is 5.82 Å². The van der Waals surface area contributed by atoms with Gasteiger partial charge in [0.15, 0.2) is 5.82 Å². The van der Waals surface area contributed by atoms with Gasteiger partial charge in [-0.3, -0.25) is 4.90 Å². The van der Waals surface area contributed by atoms with Crippen LogP contribution in [0.3, 0.4) is 0 Å². The molecule has 2 N–H and O–H groups in total. The van der Waals surface area contributed by atoms with Gasteiger partial charge in [-0.05, 0) is 39.8 Å². The number of nitrogen functional groups attached to an aromatic ring is 1. The average Bonchev–Trinajstić information content (AvgIpc) is 3.37. The Hall–Kier alpha value is -3.08. The lowest BCUT2D eigenvalue weighted by Crippen LogP contribution is -2.30. The molecule has 0 fully saturated rings. The largest absolute Gasteiger partial charge is 0.383 e. The molecule has 0 aliphatic rings. The van der Waals surface area contributed by atoms with Crippen LogP contribution < -0.4 is 5.73 Å². The second-order valence-corrected chi connectivity index (χ2v) is 8.89. The Morgan fingerprint density at radius 3 is 2.39 bits per heavy atom. The molecule has 4 rings (SSSR count). The summed E-state index contributed by atoms with van der Waals surface area (Å²) in [6, 6.07) is 15.5. The first-order valence-electron chi connectivity index (χ1n) is 11.3. The molecular weight excluding hydrogens is 501 g/mol. The minimum Gasteiger partial charge on any atom is -0.383 e. The normalized spacial score (nSPS) is 11.4. The fourth-order valence-electron chi connectivity index (χ4n) is 3.76. The van der Waals surface area contributed by atoms with E-state index in [4.69, 9.17) is 38.4 Å². The predicted molar refractivity (Wildman–Crippen MR) is 141 cm³/mol. The number of halogens is 2. The molecule has 11 heteroatoms. The van der Waals surface area contributed by atoms with Gasteiger partial charge in [-0.15, -0.1) is 5.10 Å². The molecule has 2 aromatic heterocycles. The molecule has 4 aromatic rings. The van der Waals surface area contributed by atoms with Crippen LogP contribution in [-0.2, 0) is 16.0 Å². The summed E-state index contributed by atoms with van der Waals surface area (Å²) >= 11 is 12.6. The highest BCUT2D eigenvalue weighted by atomic mass is 35.5. The number of nitrogens with two attached hydrogens (primary N) is 1. The molecule has 0 saturated heterocycles. The third-order valence-corrected chi connectivity index (χ3v) is 6.51. The molecule has 2 aromatic carbocycles. The average molecular weight is 528 g/mol. The highest BCUT2D eigenvalue weighted by molar-refractivity contribution is 6.43. The van der Waals surface area contributed by atoms with Crippen LogP contribution in [0.25, 0.3) is 28.2 Å². The highest BCUT2D eigenvalue weighted by Gasteiger charge is 2.18. The summed E-state index contributed by atoms with van der Waals surface area (Å²) in [5, 5.41) is 12.8. The molecule has 9 nitrogen and oxygen atoms in total. The van der Waals surface area contributed by atoms with Crippen molar-refractivity contribution in [3.63, 3.8) is 0 Å². The molecule has 0 saturated carbocycles. The quantitative estimate of drug-likeness (QED) is 0.306. The van der Waals surface area contributed by atoms with Gasteiger partial charge in [-0.25, -0.2) is 4.98 Å². The number of benzene rings is 2. The monoisotopic (exact) mass is 527 g/mol. The molecule has 188 valence electrons. The van der Waals surface area contributed by atoms with Crippen molar-refractivity contribution >= 4 is 29.0 Å². The van der Waals surface area contributed by atoms with Gasteiger partial charge in [-0.1, -0.05) is 53.5 Å². The summed E-state index contributed by atoms with van der Waals surface area (Å²) in [5.74, 6) is 0.714. The Bertz CT molecular complexity index is 1290. The van der Waals surface area contributed by atoms with Crippen LogP contribution in [-0.4, -0.2) is 70.6 Å². The molecule has 0 amide bonds. The highest BCUT2D eigenvalue weighted by Crippen LogP contribution is 2.33. The first-order valence-corrected chi connectivity index (χ1v) is 12.1. The standard InChI is InChI=1S/C25H27Cl2N7O2/c1-35-12-10-33(11-13-36-2)16-17-6-8-18(9-7-17)19-14-20(24(28)29-15-19)25-30-31-32-34(25)22-5-3-4-21(26)23(22)27/h3-9,14-15H,10-13,16H2,1-2H3,(H2,28,29). The van der Waals surface area contributed by atoms with E-state index in [1.165, 1.54) is 10.2 Å². The van der Waals surface area contributed by atoms with Gasteiger partial charge in [0.05, 0.1) is 34.5 Å². The second-order valence-electron chi connectivity index (χ2n) is 8.10. The number of anilines is 1. The van der Waals surface area contributed by atoms with E-state index in [0.717, 1.165) is 30.8 Å². The van der Waals surface area contributed by atoms with E-state index in [9.17, 15) is 0 Å². The molecular formula is C25H27Cl2N7O2. The van der Waals surface area contributed by atoms with Crippen LogP contribution in [0.5, 0.6) is 0 Å². The summed E-state index contributed by atoms with van der Waals surface area (Å²) < 4.78 is 12.0. The molecule has 0 unspecified atom stereocenters. The number of pyridine rings is 1. The Morgan fingerprint density at radius 2 is 1.69 bits per heavy atom. The van der Waals surface area contributed by atoms with Crippen molar-refractivity contribution in [3.05, 3.63) is 70.3 Å². The lowest BCUT2D eigenvalue weighted by atomic mass is 10.0. The van der Waals surface area contributed by atoms with Crippen LogP contribution in [0.15, 0.2) is 54.7 Å². The van der Waals surface area contributed by atoms with Crippen LogP contribution in [0.2, 0.25) is 10.0 Å². The first-order chi connectivity index (χ1) is 17.5. The Labute approximate surface area is 219 Å². The summed E-state index contributed by atoms with van der Waals surface area (Å²) in [6.45, 7) is 3.80. The van der Waals surface area contributed by atoms with Gasteiger partial charge in [0, 0.05) is 45.6 Å². The van der Waals surface area contributed by atoms with Gasteiger partial charge in [0.2, 0.25) is 0 Å². The summed E-state index contributed by atoms with van der Waals surface area (Å²) in [7, 11) is 3.42. The van der Waals surface area contributed by atoms with Gasteiger partial charge < -0.3 is 15.2 Å². The molecule has 36 heavy (non-hydrogen) atoms. The van der Waals surface area contributed by atoms with E-state index in [1.807, 2.05) is 6.07 Å². The van der Waals surface area contributed by atoms with Gasteiger partial charge >= 0.3 is 0 Å². The molecule has 0 aliphatic carbocycles. The van der Waals surface area contributed by atoms with E-state index >= 15 is 0 Å². The number of methoxy groups -OCH3 is 2. The number of rotatable bonds is 11. The maximum atomic E-state index is 6.41. The van der Waals surface area contributed by atoms with Crippen molar-refractivity contribution in [2.45, 2.75) is 6.54 Å². The van der Waals surface area contributed by atoms with Crippen molar-refractivity contribution in [3.8, 4) is 28.2 Å². The van der Waals surface area contributed by atoms with Crippen molar-refractivity contribution in [1.29, 1.82) is 0 Å². The zero-order valence-electron chi connectivity index (χ0n) is 20.1. The molecule has 0 radical (unpaired) electrons. The number of nitrogens with zero attached hydrogens (tertiary/aromatic N) is 6. The molecule has 0 atom stereocenters. The summed E-state index contributed by atoms with van der Waals surface area (Å²) in [5.41, 5.74) is 10.4. The van der Waals surface area contributed by atoms with Gasteiger partial charge in [-0.2, -0.15) is 4.68 Å². The van der Waals surface area contributed by atoms with Crippen molar-refractivity contribution < 1.29 is 9.47 Å². The molecule has 0 aliphatic heterocycles. The van der Waals surface area contributed by atoms with Crippen LogP contribution in [0.4, 0.5) is 5.82 Å². The third kappa shape index (κ3) is 6.00. The summed E-state index contributed by atoms with van der Waals surface area (Å²) in [6.07, 6.45) is 1.73. The van der Waals surface area contributed by atoms with Crippen molar-refractivity contribution in [2.24, 2.45) is 0 Å². The van der Waals surface area contributed by atoms with Crippen LogP contribution in [0, 0.1) is 0 Å². The van der Waals surface area contributed by atoms with Crippen molar-refractivity contribution in [2.75, 3.05) is 46.3 Å². The molecule has 2 heterocycles. The topological polar surface area (TPSA) is 104 Å². The van der Waals surface area contributed by atoms with Crippen LogP contribution >= 0.6 is 23.2 Å². The maximum Gasteiger partial charge on any atom is 0.190 e. The smallest absolute Gasteiger partial charge is 0.190 e. The molecule has 0 bridgehead atoms. The number of ether oxygens (including phenoxy) is 2. The first kappa shape index (κ1) is 26.0. The van der Waals surface area contributed by atoms with E-state index in [-0.39, 0.29) is 0 Å². The van der Waals surface area contributed by atoms with Gasteiger partial charge in [0.25, 0.3) is 0 Å². The lowest BCUT2D eigenvalue weighted by Gasteiger charge is -2.21. The summed E-state index contributed by atoms with van der Waals surface area (Å²) in [4.78, 5) is 6.70.